The van der Waals surface area contributed by atoms with E-state index in [1.54, 1.807) is 20.9 Å². The van der Waals surface area contributed by atoms with Crippen LogP contribution in [0.25, 0.3) is 0 Å². The van der Waals surface area contributed by atoms with Crippen molar-refractivity contribution in [2.45, 2.75) is 45.8 Å². The van der Waals surface area contributed by atoms with Gasteiger partial charge in [-0.1, -0.05) is 18.7 Å². The van der Waals surface area contributed by atoms with E-state index in [4.69, 9.17) is 0 Å². The van der Waals surface area contributed by atoms with Crippen LogP contribution < -0.4 is 5.32 Å². The van der Waals surface area contributed by atoms with Gasteiger partial charge >= 0.3 is 6.18 Å². The Kier molecular flexibility index (Phi) is 6.44. The van der Waals surface area contributed by atoms with Gasteiger partial charge in [0.15, 0.2) is 0 Å². The molecule has 0 bridgehead atoms. The fourth-order valence-corrected chi connectivity index (χ4v) is 2.70. The molecule has 1 aromatic carbocycles. The van der Waals surface area contributed by atoms with E-state index in [9.17, 15) is 22.8 Å². The molecule has 0 unspecified atom stereocenters. The van der Waals surface area contributed by atoms with Gasteiger partial charge in [0.1, 0.15) is 12.2 Å². The summed E-state index contributed by atoms with van der Waals surface area (Å²) in [6.45, 7) is 9.09. The monoisotopic (exact) mass is 422 g/mol. The van der Waals surface area contributed by atoms with Crippen LogP contribution in [0.2, 0.25) is 0 Å². The lowest BCUT2D eigenvalue weighted by molar-refractivity contribution is -0.180. The van der Waals surface area contributed by atoms with Gasteiger partial charge in [-0.15, -0.1) is 0 Å². The van der Waals surface area contributed by atoms with Crippen molar-refractivity contribution in [2.75, 3.05) is 12.4 Å². The molecule has 1 heterocycles. The van der Waals surface area contributed by atoms with Crippen LogP contribution in [0.5, 0.6) is 0 Å². The number of benzene rings is 1. The van der Waals surface area contributed by atoms with E-state index in [2.05, 4.69) is 16.9 Å². The Balaban J connectivity index is 2.14. The van der Waals surface area contributed by atoms with Crippen LogP contribution in [-0.4, -0.2) is 39.5 Å². The van der Waals surface area contributed by atoms with E-state index in [1.165, 1.54) is 40.1 Å². The molecule has 0 atom stereocenters. The minimum atomic E-state index is -4.39. The smallest absolute Gasteiger partial charge is 0.325 e. The summed E-state index contributed by atoms with van der Waals surface area (Å²) in [4.78, 5) is 30.5. The first-order valence-electron chi connectivity index (χ1n) is 9.18. The number of anilines is 1. The average molecular weight is 422 g/mol. The third kappa shape index (κ3) is 4.72. The molecule has 0 fully saturated rings. The molecule has 6 nitrogen and oxygen atoms in total. The highest BCUT2D eigenvalue weighted by atomic mass is 19.4. The molecular weight excluding hydrogens is 397 g/mol. The SMILES string of the molecule is C=C(C)N(C)C(=O)c1c(C)ncn1CC(=O)Nc1ccc(C(C)(C)C(F)(F)F)cc1. The number of hydrogen-bond acceptors (Lipinski definition) is 3. The summed E-state index contributed by atoms with van der Waals surface area (Å²) in [7, 11) is 1.57. The topological polar surface area (TPSA) is 67.2 Å². The Bertz CT molecular complexity index is 960. The number of hydrogen-bond donors (Lipinski definition) is 1. The largest absolute Gasteiger partial charge is 0.397 e. The summed E-state index contributed by atoms with van der Waals surface area (Å²) in [6, 6.07) is 5.50. The lowest BCUT2D eigenvalue weighted by atomic mass is 9.84. The predicted octanol–water partition coefficient (Wildman–Crippen LogP) is 4.28. The quantitative estimate of drug-likeness (QED) is 0.756. The lowest BCUT2D eigenvalue weighted by Gasteiger charge is -2.28. The van der Waals surface area contributed by atoms with Crippen LogP contribution in [0.1, 0.15) is 42.5 Å². The number of nitrogens with one attached hydrogen (secondary N) is 1. The predicted molar refractivity (Wildman–Crippen MR) is 108 cm³/mol. The Morgan fingerprint density at radius 2 is 1.77 bits per heavy atom. The molecule has 1 aromatic heterocycles. The number of amides is 2. The van der Waals surface area contributed by atoms with E-state index in [-0.39, 0.29) is 23.7 Å². The molecule has 2 amide bonds. The minimum Gasteiger partial charge on any atom is -0.325 e. The number of halogens is 3. The van der Waals surface area contributed by atoms with Crippen molar-refractivity contribution in [3.63, 3.8) is 0 Å². The van der Waals surface area contributed by atoms with E-state index < -0.39 is 17.5 Å². The lowest BCUT2D eigenvalue weighted by Crippen LogP contribution is -2.36. The first-order chi connectivity index (χ1) is 13.8. The molecule has 9 heteroatoms. The Morgan fingerprint density at radius 3 is 2.27 bits per heavy atom. The minimum absolute atomic E-state index is 0.0916. The summed E-state index contributed by atoms with van der Waals surface area (Å²) in [5.41, 5.74) is -0.287. The fraction of sp³-hybridized carbons (Fsp3) is 0.381. The highest BCUT2D eigenvalue weighted by molar-refractivity contribution is 5.96. The van der Waals surface area contributed by atoms with Crippen molar-refractivity contribution in [1.82, 2.24) is 14.5 Å². The van der Waals surface area contributed by atoms with Gasteiger partial charge in [0.25, 0.3) is 5.91 Å². The zero-order chi connectivity index (χ0) is 22.9. The molecule has 0 aliphatic rings. The molecule has 0 saturated heterocycles. The number of carbonyl (C=O) groups excluding carboxylic acids is 2. The highest BCUT2D eigenvalue weighted by Crippen LogP contribution is 2.40. The van der Waals surface area contributed by atoms with Crippen LogP contribution >= 0.6 is 0 Å². The molecule has 0 saturated carbocycles. The number of imidazole rings is 1. The Hall–Kier alpha value is -3.10. The number of alkyl halides is 3. The average Bonchev–Trinajstić information content (AvgIpc) is 2.99. The molecule has 0 aliphatic heterocycles. The number of aromatic nitrogens is 2. The molecule has 162 valence electrons. The molecule has 0 radical (unpaired) electrons. The third-order valence-corrected chi connectivity index (χ3v) is 5.01. The van der Waals surface area contributed by atoms with Gasteiger partial charge in [-0.3, -0.25) is 9.59 Å². The normalized spacial score (nSPS) is 11.9. The van der Waals surface area contributed by atoms with Crippen LogP contribution in [0.15, 0.2) is 42.9 Å². The maximum absolute atomic E-state index is 13.2. The summed E-state index contributed by atoms with van der Waals surface area (Å²) in [6.07, 6.45) is -3.00. The second-order valence-corrected chi connectivity index (χ2v) is 7.65. The number of nitrogens with zero attached hydrogens (tertiary/aromatic N) is 3. The third-order valence-electron chi connectivity index (χ3n) is 5.01. The molecule has 0 aliphatic carbocycles. The van der Waals surface area contributed by atoms with E-state index in [0.29, 0.717) is 17.1 Å². The zero-order valence-electron chi connectivity index (χ0n) is 17.6. The number of carbonyl (C=O) groups is 2. The summed E-state index contributed by atoms with van der Waals surface area (Å²) in [5, 5.41) is 2.62. The fourth-order valence-electron chi connectivity index (χ4n) is 2.70. The van der Waals surface area contributed by atoms with Crippen molar-refractivity contribution in [2.24, 2.45) is 0 Å². The van der Waals surface area contributed by atoms with Gasteiger partial charge in [-0.2, -0.15) is 13.2 Å². The van der Waals surface area contributed by atoms with E-state index in [1.807, 2.05) is 0 Å². The van der Waals surface area contributed by atoms with Crippen molar-refractivity contribution >= 4 is 17.5 Å². The summed E-state index contributed by atoms with van der Waals surface area (Å²) >= 11 is 0. The Morgan fingerprint density at radius 1 is 1.20 bits per heavy atom. The standard InChI is InChI=1S/C21H25F3N4O2/c1-13(2)27(6)19(30)18-14(3)25-12-28(18)11-17(29)26-16-9-7-15(8-10-16)20(4,5)21(22,23)24/h7-10,12H,1,11H2,2-6H3,(H,26,29). The number of allylic oxidation sites excluding steroid dienone is 1. The maximum atomic E-state index is 13.2. The first-order valence-corrected chi connectivity index (χ1v) is 9.18. The maximum Gasteiger partial charge on any atom is 0.397 e. The van der Waals surface area contributed by atoms with Gasteiger partial charge in [0.2, 0.25) is 5.91 Å². The zero-order valence-corrected chi connectivity index (χ0v) is 17.6. The molecule has 0 spiro atoms. The Labute approximate surface area is 173 Å². The van der Waals surface area contributed by atoms with E-state index >= 15 is 0 Å². The van der Waals surface area contributed by atoms with Crippen LogP contribution in [0.4, 0.5) is 18.9 Å². The van der Waals surface area contributed by atoms with Gasteiger partial charge in [0, 0.05) is 18.4 Å². The van der Waals surface area contributed by atoms with E-state index in [0.717, 1.165) is 13.8 Å². The molecular formula is C21H25F3N4O2. The van der Waals surface area contributed by atoms with Gasteiger partial charge in [-0.05, 0) is 45.4 Å². The highest BCUT2D eigenvalue weighted by Gasteiger charge is 2.48. The van der Waals surface area contributed by atoms with Crippen molar-refractivity contribution in [1.29, 1.82) is 0 Å². The van der Waals surface area contributed by atoms with Crippen molar-refractivity contribution in [3.8, 4) is 0 Å². The van der Waals surface area contributed by atoms with Gasteiger partial charge < -0.3 is 14.8 Å². The summed E-state index contributed by atoms with van der Waals surface area (Å²) in [5.74, 6) is -0.786. The second kappa shape index (κ2) is 8.33. The van der Waals surface area contributed by atoms with Crippen LogP contribution in [0, 0.1) is 6.92 Å². The van der Waals surface area contributed by atoms with Crippen LogP contribution in [-0.2, 0) is 16.8 Å². The molecule has 2 aromatic rings. The van der Waals surface area contributed by atoms with Gasteiger partial charge in [0.05, 0.1) is 17.4 Å². The number of aryl methyl sites for hydroxylation is 1. The first kappa shape index (κ1) is 23.2. The molecule has 1 N–H and O–H groups in total. The number of rotatable bonds is 6. The van der Waals surface area contributed by atoms with Crippen molar-refractivity contribution in [3.05, 3.63) is 59.8 Å². The molecule has 30 heavy (non-hydrogen) atoms. The summed E-state index contributed by atoms with van der Waals surface area (Å²) < 4.78 is 40.9. The van der Waals surface area contributed by atoms with Crippen molar-refractivity contribution < 1.29 is 22.8 Å². The second-order valence-electron chi connectivity index (χ2n) is 7.65. The van der Waals surface area contributed by atoms with Gasteiger partial charge in [-0.25, -0.2) is 4.98 Å². The van der Waals surface area contributed by atoms with Crippen LogP contribution in [0.3, 0.4) is 0 Å². The molecule has 2 rings (SSSR count).